The van der Waals surface area contributed by atoms with Gasteiger partial charge in [0.25, 0.3) is 0 Å². The Morgan fingerprint density at radius 3 is 2.52 bits per heavy atom. The van der Waals surface area contributed by atoms with E-state index in [1.807, 2.05) is 12.3 Å². The summed E-state index contributed by atoms with van der Waals surface area (Å²) >= 11 is 0. The molecule has 4 N–H and O–H groups in total. The Morgan fingerprint density at radius 2 is 1.89 bits per heavy atom. The standard InChI is InChI=1S/C18H23F2N5O2/c19-18(20)6-3-11(4-7-18)15(24-17(26)27)13-9-25-8-5-12(22-16(25)23-13)14(21)10-1-2-10/h5,8-11,14-15,24H,1-4,6-7,21H2,(H,26,27)/t14-,15+/m1/s1. The van der Waals surface area contributed by atoms with Gasteiger partial charge >= 0.3 is 6.09 Å². The first kappa shape index (κ1) is 18.1. The van der Waals surface area contributed by atoms with E-state index in [1.54, 1.807) is 10.6 Å². The van der Waals surface area contributed by atoms with E-state index in [9.17, 15) is 18.7 Å². The van der Waals surface area contributed by atoms with Crippen LogP contribution in [0.25, 0.3) is 5.78 Å². The number of fused-ring (bicyclic) bond motifs is 1. The van der Waals surface area contributed by atoms with Crippen LogP contribution in [0.1, 0.15) is 62.0 Å². The van der Waals surface area contributed by atoms with Crippen molar-refractivity contribution >= 4 is 11.9 Å². The van der Waals surface area contributed by atoms with Crippen LogP contribution in [0.5, 0.6) is 0 Å². The predicted molar refractivity (Wildman–Crippen MR) is 93.4 cm³/mol. The molecule has 1 amide bonds. The third-order valence-electron chi connectivity index (χ3n) is 5.67. The average Bonchev–Trinajstić information content (AvgIpc) is 3.37. The number of aromatic nitrogens is 3. The van der Waals surface area contributed by atoms with Crippen LogP contribution < -0.4 is 11.1 Å². The Morgan fingerprint density at radius 1 is 1.22 bits per heavy atom. The lowest BCUT2D eigenvalue weighted by Crippen LogP contribution is -2.36. The van der Waals surface area contributed by atoms with Crippen molar-refractivity contribution in [1.29, 1.82) is 0 Å². The molecule has 0 bridgehead atoms. The van der Waals surface area contributed by atoms with Crippen LogP contribution in [0.3, 0.4) is 0 Å². The van der Waals surface area contributed by atoms with Crippen LogP contribution in [0.15, 0.2) is 18.5 Å². The van der Waals surface area contributed by atoms with Crippen molar-refractivity contribution in [3.05, 3.63) is 29.8 Å². The summed E-state index contributed by atoms with van der Waals surface area (Å²) in [5, 5.41) is 11.7. The molecule has 2 fully saturated rings. The number of rotatable bonds is 5. The van der Waals surface area contributed by atoms with Crippen LogP contribution >= 0.6 is 0 Å². The molecule has 2 heterocycles. The number of amides is 1. The molecule has 9 heteroatoms. The maximum Gasteiger partial charge on any atom is 0.405 e. The Bertz CT molecular complexity index is 841. The van der Waals surface area contributed by atoms with Gasteiger partial charge in [-0.3, -0.25) is 4.40 Å². The lowest BCUT2D eigenvalue weighted by molar-refractivity contribution is -0.0495. The minimum atomic E-state index is -2.67. The fourth-order valence-electron chi connectivity index (χ4n) is 3.90. The molecule has 146 valence electrons. The van der Waals surface area contributed by atoms with Crippen molar-refractivity contribution in [3.63, 3.8) is 0 Å². The van der Waals surface area contributed by atoms with Gasteiger partial charge in [0.05, 0.1) is 23.5 Å². The molecule has 0 radical (unpaired) electrons. The molecule has 7 nitrogen and oxygen atoms in total. The number of hydrogen-bond donors (Lipinski definition) is 3. The minimum Gasteiger partial charge on any atom is -0.465 e. The summed E-state index contributed by atoms with van der Waals surface area (Å²) in [6.45, 7) is 0. The smallest absolute Gasteiger partial charge is 0.405 e. The molecule has 0 spiro atoms. The van der Waals surface area contributed by atoms with Crippen molar-refractivity contribution < 1.29 is 18.7 Å². The van der Waals surface area contributed by atoms with E-state index in [0.717, 1.165) is 18.5 Å². The third-order valence-corrected chi connectivity index (χ3v) is 5.67. The summed E-state index contributed by atoms with van der Waals surface area (Å²) in [6, 6.07) is 1.09. The second-order valence-corrected chi connectivity index (χ2v) is 7.71. The van der Waals surface area contributed by atoms with Gasteiger partial charge in [-0.2, -0.15) is 0 Å². The second kappa shape index (κ2) is 6.70. The summed E-state index contributed by atoms with van der Waals surface area (Å²) in [6.07, 6.45) is 4.55. The van der Waals surface area contributed by atoms with E-state index >= 15 is 0 Å². The highest BCUT2D eigenvalue weighted by Gasteiger charge is 2.39. The quantitative estimate of drug-likeness (QED) is 0.739. The highest BCUT2D eigenvalue weighted by Crippen LogP contribution is 2.41. The molecule has 2 aromatic rings. The van der Waals surface area contributed by atoms with Crippen LogP contribution in [-0.2, 0) is 0 Å². The minimum absolute atomic E-state index is 0.122. The summed E-state index contributed by atoms with van der Waals surface area (Å²) < 4.78 is 28.7. The second-order valence-electron chi connectivity index (χ2n) is 7.71. The van der Waals surface area contributed by atoms with Gasteiger partial charge in [-0.05, 0) is 43.6 Å². The van der Waals surface area contributed by atoms with Crippen molar-refractivity contribution in [2.75, 3.05) is 0 Å². The van der Waals surface area contributed by atoms with E-state index < -0.39 is 18.1 Å². The normalized spacial score (nSPS) is 22.5. The summed E-state index contributed by atoms with van der Waals surface area (Å²) in [4.78, 5) is 20.3. The number of imidazole rings is 1. The highest BCUT2D eigenvalue weighted by atomic mass is 19.3. The van der Waals surface area contributed by atoms with Gasteiger partial charge in [-0.1, -0.05) is 0 Å². The topological polar surface area (TPSA) is 106 Å². The number of hydrogen-bond acceptors (Lipinski definition) is 4. The van der Waals surface area contributed by atoms with Crippen LogP contribution in [0.4, 0.5) is 13.6 Å². The lowest BCUT2D eigenvalue weighted by atomic mass is 9.81. The number of nitrogens with two attached hydrogens (primary N) is 1. The van der Waals surface area contributed by atoms with Crippen LogP contribution in [0.2, 0.25) is 0 Å². The number of nitrogens with zero attached hydrogens (tertiary/aromatic N) is 3. The van der Waals surface area contributed by atoms with Gasteiger partial charge in [0.2, 0.25) is 11.7 Å². The molecule has 2 aromatic heterocycles. The lowest BCUT2D eigenvalue weighted by Gasteiger charge is -2.32. The van der Waals surface area contributed by atoms with Crippen molar-refractivity contribution in [2.45, 2.75) is 56.5 Å². The number of carbonyl (C=O) groups is 1. The largest absolute Gasteiger partial charge is 0.465 e. The fraction of sp³-hybridized carbons (Fsp3) is 0.611. The van der Waals surface area contributed by atoms with Gasteiger partial charge in [0.1, 0.15) is 0 Å². The molecular formula is C18H23F2N5O2. The number of halogens is 2. The van der Waals surface area contributed by atoms with Gasteiger partial charge in [-0.25, -0.2) is 23.5 Å². The van der Waals surface area contributed by atoms with E-state index in [4.69, 9.17) is 5.73 Å². The average molecular weight is 379 g/mol. The maximum atomic E-state index is 13.5. The molecule has 0 aromatic carbocycles. The number of nitrogens with one attached hydrogen (secondary N) is 1. The van der Waals surface area contributed by atoms with E-state index in [2.05, 4.69) is 15.3 Å². The van der Waals surface area contributed by atoms with Crippen molar-refractivity contribution in [3.8, 4) is 0 Å². The molecular weight excluding hydrogens is 356 g/mol. The molecule has 0 aliphatic heterocycles. The number of alkyl halides is 2. The van der Waals surface area contributed by atoms with E-state index in [-0.39, 0.29) is 37.6 Å². The number of carboxylic acid groups (broad SMARTS) is 1. The maximum absolute atomic E-state index is 13.5. The molecule has 2 saturated carbocycles. The van der Waals surface area contributed by atoms with Crippen LogP contribution in [-0.4, -0.2) is 31.5 Å². The predicted octanol–water partition coefficient (Wildman–Crippen LogP) is 3.27. The van der Waals surface area contributed by atoms with E-state index in [0.29, 0.717) is 17.4 Å². The highest BCUT2D eigenvalue weighted by molar-refractivity contribution is 5.65. The monoisotopic (exact) mass is 379 g/mol. The molecule has 2 atom stereocenters. The molecule has 2 aliphatic rings. The van der Waals surface area contributed by atoms with Crippen molar-refractivity contribution in [1.82, 2.24) is 19.7 Å². The van der Waals surface area contributed by atoms with E-state index in [1.165, 1.54) is 0 Å². The molecule has 4 rings (SSSR count). The fourth-order valence-corrected chi connectivity index (χ4v) is 3.90. The van der Waals surface area contributed by atoms with Gasteiger partial charge < -0.3 is 16.2 Å². The molecule has 2 aliphatic carbocycles. The Hall–Kier alpha value is -2.29. The summed E-state index contributed by atoms with van der Waals surface area (Å²) in [5.41, 5.74) is 7.47. The zero-order valence-electron chi connectivity index (χ0n) is 14.8. The Kier molecular flexibility index (Phi) is 4.49. The SMILES string of the molecule is N[C@@H](c1ccn2cc([C@@H](NC(=O)O)C3CCC(F)(F)CC3)nc2n1)C1CC1. The zero-order valence-corrected chi connectivity index (χ0v) is 14.8. The Labute approximate surface area is 155 Å². The first-order valence-corrected chi connectivity index (χ1v) is 9.31. The van der Waals surface area contributed by atoms with Gasteiger partial charge in [-0.15, -0.1) is 0 Å². The first-order valence-electron chi connectivity index (χ1n) is 9.31. The zero-order chi connectivity index (χ0) is 19.2. The van der Waals surface area contributed by atoms with Gasteiger partial charge in [0.15, 0.2) is 0 Å². The summed E-state index contributed by atoms with van der Waals surface area (Å²) in [7, 11) is 0. The van der Waals surface area contributed by atoms with Gasteiger partial charge in [0, 0.05) is 25.2 Å². The molecule has 0 unspecified atom stereocenters. The van der Waals surface area contributed by atoms with Crippen LogP contribution in [0, 0.1) is 11.8 Å². The third kappa shape index (κ3) is 3.87. The molecule has 0 saturated heterocycles. The molecule has 27 heavy (non-hydrogen) atoms. The Balaban J connectivity index is 1.61. The van der Waals surface area contributed by atoms with Crippen molar-refractivity contribution in [2.24, 2.45) is 17.6 Å². The first-order chi connectivity index (χ1) is 12.8. The summed E-state index contributed by atoms with van der Waals surface area (Å²) in [5.74, 6) is -1.99.